The molecule has 4 nitrogen and oxygen atoms in total. The van der Waals surface area contributed by atoms with Gasteiger partial charge in [-0.1, -0.05) is 56.2 Å². The number of carbonyl (C=O) groups is 1. The van der Waals surface area contributed by atoms with Gasteiger partial charge in [-0.3, -0.25) is 10.2 Å². The van der Waals surface area contributed by atoms with Crippen molar-refractivity contribution in [2.45, 2.75) is 34.6 Å². The lowest BCUT2D eigenvalue weighted by Gasteiger charge is -2.19. The Labute approximate surface area is 144 Å². The van der Waals surface area contributed by atoms with Gasteiger partial charge >= 0.3 is 0 Å². The van der Waals surface area contributed by atoms with Crippen LogP contribution in [0.3, 0.4) is 0 Å². The molecule has 4 heteroatoms. The number of anilines is 2. The summed E-state index contributed by atoms with van der Waals surface area (Å²) in [6, 6.07) is 15.7. The molecular formula is C20H25N3O. The highest BCUT2D eigenvalue weighted by molar-refractivity contribution is 6.44. The molecule has 0 radical (unpaired) electrons. The topological polar surface area (TPSA) is 53.5 Å². The van der Waals surface area contributed by atoms with Crippen LogP contribution in [0.1, 0.15) is 31.9 Å². The lowest BCUT2D eigenvalue weighted by molar-refractivity contribution is -0.119. The maximum atomic E-state index is 12.7. The number of amidine groups is 1. The van der Waals surface area contributed by atoms with Crippen LogP contribution in [0.4, 0.5) is 11.4 Å². The van der Waals surface area contributed by atoms with Crippen LogP contribution in [0, 0.1) is 19.3 Å². The summed E-state index contributed by atoms with van der Waals surface area (Å²) in [6.07, 6.45) is 0. The SMILES string of the molecule is Cc1ccc(N/N=C(/Nc2ccc(C)cc2)C(=O)C(C)(C)C)cc1. The average molecular weight is 323 g/mol. The molecule has 0 aliphatic carbocycles. The average Bonchev–Trinajstić information content (AvgIpc) is 2.53. The molecule has 0 bridgehead atoms. The van der Waals surface area contributed by atoms with Gasteiger partial charge in [-0.15, -0.1) is 0 Å². The first kappa shape index (κ1) is 17.7. The van der Waals surface area contributed by atoms with Gasteiger partial charge in [0.15, 0.2) is 5.84 Å². The number of benzene rings is 2. The number of ketones is 1. The summed E-state index contributed by atoms with van der Waals surface area (Å²) >= 11 is 0. The zero-order chi connectivity index (χ0) is 17.7. The molecule has 0 unspecified atom stereocenters. The zero-order valence-corrected chi connectivity index (χ0v) is 15.0. The molecule has 2 aromatic rings. The maximum Gasteiger partial charge on any atom is 0.205 e. The Morgan fingerprint density at radius 2 is 1.29 bits per heavy atom. The van der Waals surface area contributed by atoms with Crippen LogP contribution in [0.5, 0.6) is 0 Å². The van der Waals surface area contributed by atoms with Crippen LogP contribution in [0.25, 0.3) is 0 Å². The van der Waals surface area contributed by atoms with E-state index in [0.29, 0.717) is 5.84 Å². The summed E-state index contributed by atoms with van der Waals surface area (Å²) in [7, 11) is 0. The Bertz CT molecular complexity index is 723. The minimum Gasteiger partial charge on any atom is -0.336 e. The highest BCUT2D eigenvalue weighted by Gasteiger charge is 2.26. The molecule has 0 saturated carbocycles. The number of aryl methyl sites for hydroxylation is 2. The number of Topliss-reactive ketones (excluding diaryl/α,β-unsaturated/α-hetero) is 1. The van der Waals surface area contributed by atoms with Crippen molar-refractivity contribution < 1.29 is 4.79 Å². The van der Waals surface area contributed by atoms with Crippen molar-refractivity contribution in [2.24, 2.45) is 10.5 Å². The minimum absolute atomic E-state index is 0.0531. The van der Waals surface area contributed by atoms with Crippen molar-refractivity contribution in [3.8, 4) is 0 Å². The molecule has 0 atom stereocenters. The van der Waals surface area contributed by atoms with Crippen LogP contribution in [-0.2, 0) is 4.79 Å². The molecule has 0 aliphatic heterocycles. The van der Waals surface area contributed by atoms with Crippen molar-refractivity contribution >= 4 is 23.0 Å². The Morgan fingerprint density at radius 3 is 1.75 bits per heavy atom. The van der Waals surface area contributed by atoms with Crippen molar-refractivity contribution in [1.29, 1.82) is 0 Å². The first-order valence-electron chi connectivity index (χ1n) is 8.04. The Hall–Kier alpha value is -2.62. The van der Waals surface area contributed by atoms with Gasteiger partial charge in [0.25, 0.3) is 0 Å². The van der Waals surface area contributed by atoms with E-state index in [1.165, 1.54) is 11.1 Å². The van der Waals surface area contributed by atoms with Gasteiger partial charge in [0.1, 0.15) is 0 Å². The third kappa shape index (κ3) is 4.95. The van der Waals surface area contributed by atoms with E-state index in [1.807, 2.05) is 83.1 Å². The third-order valence-corrected chi connectivity index (χ3v) is 3.56. The first-order valence-corrected chi connectivity index (χ1v) is 8.04. The molecule has 2 N–H and O–H groups in total. The fourth-order valence-electron chi connectivity index (χ4n) is 2.01. The van der Waals surface area contributed by atoms with Crippen LogP contribution in [0.2, 0.25) is 0 Å². The summed E-state index contributed by atoms with van der Waals surface area (Å²) in [5.74, 6) is 0.245. The number of carbonyl (C=O) groups excluding carboxylic acids is 1. The predicted molar refractivity (Wildman–Crippen MR) is 102 cm³/mol. The second-order valence-electron chi connectivity index (χ2n) is 7.01. The summed E-state index contributed by atoms with van der Waals surface area (Å²) in [5, 5.41) is 7.45. The van der Waals surface area contributed by atoms with Crippen LogP contribution in [-0.4, -0.2) is 11.6 Å². The fourth-order valence-corrected chi connectivity index (χ4v) is 2.01. The molecule has 24 heavy (non-hydrogen) atoms. The number of hydrogen-bond donors (Lipinski definition) is 2. The quantitative estimate of drug-likeness (QED) is 0.485. The minimum atomic E-state index is -0.522. The zero-order valence-electron chi connectivity index (χ0n) is 15.0. The number of rotatable bonds is 4. The number of nitrogens with zero attached hydrogens (tertiary/aromatic N) is 1. The summed E-state index contributed by atoms with van der Waals surface area (Å²) in [4.78, 5) is 12.7. The van der Waals surface area contributed by atoms with Crippen molar-refractivity contribution in [3.05, 3.63) is 59.7 Å². The monoisotopic (exact) mass is 323 g/mol. The summed E-state index contributed by atoms with van der Waals surface area (Å²) < 4.78 is 0. The molecule has 0 aliphatic rings. The molecule has 2 aromatic carbocycles. The van der Waals surface area contributed by atoms with E-state index in [2.05, 4.69) is 15.8 Å². The van der Waals surface area contributed by atoms with Crippen molar-refractivity contribution in [3.63, 3.8) is 0 Å². The van der Waals surface area contributed by atoms with Gasteiger partial charge in [-0.05, 0) is 38.1 Å². The summed E-state index contributed by atoms with van der Waals surface area (Å²) in [5.41, 5.74) is 6.45. The first-order chi connectivity index (χ1) is 11.3. The van der Waals surface area contributed by atoms with Gasteiger partial charge in [0.05, 0.1) is 5.69 Å². The fraction of sp³-hybridized carbons (Fsp3) is 0.300. The van der Waals surface area contributed by atoms with E-state index in [4.69, 9.17) is 0 Å². The van der Waals surface area contributed by atoms with Gasteiger partial charge in [-0.2, -0.15) is 5.10 Å². The molecule has 0 saturated heterocycles. The highest BCUT2D eigenvalue weighted by Crippen LogP contribution is 2.18. The van der Waals surface area contributed by atoms with Gasteiger partial charge in [0, 0.05) is 11.1 Å². The summed E-state index contributed by atoms with van der Waals surface area (Å²) in [6.45, 7) is 9.70. The molecular weight excluding hydrogens is 298 g/mol. The third-order valence-electron chi connectivity index (χ3n) is 3.56. The Balaban J connectivity index is 2.24. The number of hydrogen-bond acceptors (Lipinski definition) is 3. The van der Waals surface area contributed by atoms with Crippen molar-refractivity contribution in [2.75, 3.05) is 10.7 Å². The second-order valence-corrected chi connectivity index (χ2v) is 7.01. The van der Waals surface area contributed by atoms with Gasteiger partial charge < -0.3 is 5.32 Å². The van der Waals surface area contributed by atoms with Gasteiger partial charge in [-0.25, -0.2) is 0 Å². The number of hydrazone groups is 1. The van der Waals surface area contributed by atoms with E-state index >= 15 is 0 Å². The van der Waals surface area contributed by atoms with E-state index < -0.39 is 5.41 Å². The van der Waals surface area contributed by atoms with E-state index in [-0.39, 0.29) is 5.78 Å². The van der Waals surface area contributed by atoms with Crippen LogP contribution < -0.4 is 10.7 Å². The second kappa shape index (κ2) is 7.30. The molecule has 2 rings (SSSR count). The normalized spacial score (nSPS) is 12.0. The standard InChI is InChI=1S/C20H25N3O/c1-14-6-10-16(11-7-14)21-19(18(24)20(3,4)5)23-22-17-12-8-15(2)9-13-17/h6-13,22H,1-5H3,(H,21,23). The smallest absolute Gasteiger partial charge is 0.205 e. The molecule has 0 amide bonds. The molecule has 0 heterocycles. The van der Waals surface area contributed by atoms with Gasteiger partial charge in [0.2, 0.25) is 5.78 Å². The molecule has 0 fully saturated rings. The highest BCUT2D eigenvalue weighted by atomic mass is 16.1. The van der Waals surface area contributed by atoms with Crippen LogP contribution >= 0.6 is 0 Å². The number of nitrogens with one attached hydrogen (secondary N) is 2. The molecule has 0 aromatic heterocycles. The molecule has 0 spiro atoms. The van der Waals surface area contributed by atoms with E-state index in [1.54, 1.807) is 0 Å². The predicted octanol–water partition coefficient (Wildman–Crippen LogP) is 4.76. The molecule has 126 valence electrons. The Kier molecular flexibility index (Phi) is 5.39. The van der Waals surface area contributed by atoms with E-state index in [0.717, 1.165) is 11.4 Å². The van der Waals surface area contributed by atoms with Crippen LogP contribution in [0.15, 0.2) is 53.6 Å². The Morgan fingerprint density at radius 1 is 0.833 bits per heavy atom. The lowest BCUT2D eigenvalue weighted by Crippen LogP contribution is -2.34. The largest absolute Gasteiger partial charge is 0.336 e. The van der Waals surface area contributed by atoms with E-state index in [9.17, 15) is 4.79 Å². The van der Waals surface area contributed by atoms with Crippen molar-refractivity contribution in [1.82, 2.24) is 0 Å². The lowest BCUT2D eigenvalue weighted by atomic mass is 9.90. The maximum absolute atomic E-state index is 12.7.